The van der Waals surface area contributed by atoms with Crippen molar-refractivity contribution < 1.29 is 23.7 Å². The summed E-state index contributed by atoms with van der Waals surface area (Å²) in [5.41, 5.74) is -0.916. The van der Waals surface area contributed by atoms with Gasteiger partial charge in [0, 0.05) is 0 Å². The molecule has 0 aromatic heterocycles. The number of benzene rings is 1. The van der Waals surface area contributed by atoms with Gasteiger partial charge in [-0.2, -0.15) is 5.26 Å². The molecule has 0 fully saturated rings. The number of methoxy groups -OCH3 is 3. The van der Waals surface area contributed by atoms with Crippen LogP contribution in [0.1, 0.15) is 51.5 Å². The monoisotopic (exact) mass is 363 g/mol. The summed E-state index contributed by atoms with van der Waals surface area (Å²) < 4.78 is 21.3. The van der Waals surface area contributed by atoms with Crippen LogP contribution in [0.25, 0.3) is 0 Å². The third-order valence-corrected chi connectivity index (χ3v) is 4.38. The SMILES string of the molecule is CCCCCCC(C#N)(C(=O)OCC)c1cc(OC)c(OC)c(OC)c1. The summed E-state index contributed by atoms with van der Waals surface area (Å²) >= 11 is 0. The minimum Gasteiger partial charge on any atom is -0.493 e. The molecule has 0 spiro atoms. The Hall–Kier alpha value is -2.42. The van der Waals surface area contributed by atoms with E-state index in [4.69, 9.17) is 18.9 Å². The van der Waals surface area contributed by atoms with Crippen molar-refractivity contribution in [3.05, 3.63) is 17.7 Å². The van der Waals surface area contributed by atoms with E-state index in [1.165, 1.54) is 21.3 Å². The molecular weight excluding hydrogens is 334 g/mol. The maximum Gasteiger partial charge on any atom is 0.331 e. The van der Waals surface area contributed by atoms with Gasteiger partial charge in [-0.25, -0.2) is 4.79 Å². The van der Waals surface area contributed by atoms with E-state index >= 15 is 0 Å². The van der Waals surface area contributed by atoms with Crippen LogP contribution in [0.5, 0.6) is 17.2 Å². The fraction of sp³-hybridized carbons (Fsp3) is 0.600. The zero-order valence-corrected chi connectivity index (χ0v) is 16.4. The van der Waals surface area contributed by atoms with Gasteiger partial charge in [-0.05, 0) is 31.0 Å². The van der Waals surface area contributed by atoms with Crippen LogP contribution in [-0.4, -0.2) is 33.9 Å². The number of carbonyl (C=O) groups is 1. The number of nitrogens with zero attached hydrogens (tertiary/aromatic N) is 1. The summed E-state index contributed by atoms with van der Waals surface area (Å²) in [6, 6.07) is 5.52. The molecule has 0 bridgehead atoms. The van der Waals surface area contributed by atoms with E-state index in [1.807, 2.05) is 0 Å². The van der Waals surface area contributed by atoms with Crippen molar-refractivity contribution >= 4 is 5.97 Å². The highest BCUT2D eigenvalue weighted by molar-refractivity contribution is 5.87. The number of unbranched alkanes of at least 4 members (excludes halogenated alkanes) is 3. The van der Waals surface area contributed by atoms with Crippen LogP contribution in [0.3, 0.4) is 0 Å². The zero-order chi connectivity index (χ0) is 19.6. The third kappa shape index (κ3) is 4.60. The second kappa shape index (κ2) is 10.5. The Morgan fingerprint density at radius 3 is 2.08 bits per heavy atom. The van der Waals surface area contributed by atoms with Crippen molar-refractivity contribution in [1.82, 2.24) is 0 Å². The smallest absolute Gasteiger partial charge is 0.331 e. The van der Waals surface area contributed by atoms with E-state index in [1.54, 1.807) is 19.1 Å². The molecule has 0 saturated heterocycles. The van der Waals surface area contributed by atoms with Crippen molar-refractivity contribution in [2.75, 3.05) is 27.9 Å². The first-order valence-corrected chi connectivity index (χ1v) is 8.93. The molecule has 1 aromatic rings. The van der Waals surface area contributed by atoms with Crippen LogP contribution in [0.2, 0.25) is 0 Å². The highest BCUT2D eigenvalue weighted by Crippen LogP contribution is 2.43. The second-order valence-corrected chi connectivity index (χ2v) is 5.96. The Bertz CT molecular complexity index is 613. The standard InChI is InChI=1S/C20H29NO5/c1-6-8-9-10-11-20(14-21,19(22)26-7-2)15-12-16(23-3)18(25-5)17(13-15)24-4/h12-13H,6-11H2,1-5H3. The van der Waals surface area contributed by atoms with Gasteiger partial charge >= 0.3 is 5.97 Å². The van der Waals surface area contributed by atoms with Crippen LogP contribution in [-0.2, 0) is 14.9 Å². The molecule has 1 rings (SSSR count). The largest absolute Gasteiger partial charge is 0.493 e. The van der Waals surface area contributed by atoms with E-state index in [0.717, 1.165) is 25.7 Å². The molecule has 0 aliphatic carbocycles. The first-order chi connectivity index (χ1) is 12.5. The van der Waals surface area contributed by atoms with Crippen molar-refractivity contribution in [2.24, 2.45) is 0 Å². The zero-order valence-electron chi connectivity index (χ0n) is 16.4. The molecule has 0 radical (unpaired) electrons. The average Bonchev–Trinajstić information content (AvgIpc) is 2.67. The van der Waals surface area contributed by atoms with Crippen LogP contribution < -0.4 is 14.2 Å². The van der Waals surface area contributed by atoms with Gasteiger partial charge in [-0.15, -0.1) is 0 Å². The summed E-state index contributed by atoms with van der Waals surface area (Å²) in [7, 11) is 4.51. The Kier molecular flexibility index (Phi) is 8.77. The molecule has 0 aliphatic rings. The van der Waals surface area contributed by atoms with E-state index in [0.29, 0.717) is 29.2 Å². The van der Waals surface area contributed by atoms with Crippen LogP contribution >= 0.6 is 0 Å². The average molecular weight is 363 g/mol. The molecule has 0 heterocycles. The number of carbonyl (C=O) groups excluding carboxylic acids is 1. The van der Waals surface area contributed by atoms with Crippen LogP contribution in [0.4, 0.5) is 0 Å². The topological polar surface area (TPSA) is 77.8 Å². The van der Waals surface area contributed by atoms with E-state index < -0.39 is 11.4 Å². The number of hydrogen-bond acceptors (Lipinski definition) is 6. The molecule has 1 aromatic carbocycles. The highest BCUT2D eigenvalue weighted by Gasteiger charge is 2.43. The predicted octanol–water partition coefficient (Wildman–Crippen LogP) is 4.01. The third-order valence-electron chi connectivity index (χ3n) is 4.38. The molecule has 0 N–H and O–H groups in total. The number of rotatable bonds is 11. The van der Waals surface area contributed by atoms with Gasteiger partial charge in [0.25, 0.3) is 0 Å². The Morgan fingerprint density at radius 2 is 1.65 bits per heavy atom. The molecule has 1 unspecified atom stereocenters. The van der Waals surface area contributed by atoms with Gasteiger partial charge < -0.3 is 18.9 Å². The summed E-state index contributed by atoms with van der Waals surface area (Å²) in [6.45, 7) is 4.05. The molecule has 0 saturated carbocycles. The van der Waals surface area contributed by atoms with Crippen molar-refractivity contribution in [3.8, 4) is 23.3 Å². The molecule has 1 atom stereocenters. The van der Waals surface area contributed by atoms with E-state index in [-0.39, 0.29) is 6.61 Å². The lowest BCUT2D eigenvalue weighted by atomic mass is 9.77. The van der Waals surface area contributed by atoms with Crippen molar-refractivity contribution in [3.63, 3.8) is 0 Å². The van der Waals surface area contributed by atoms with E-state index in [9.17, 15) is 10.1 Å². The lowest BCUT2D eigenvalue weighted by Crippen LogP contribution is -2.36. The molecule has 6 heteroatoms. The number of hydrogen-bond donors (Lipinski definition) is 0. The van der Waals surface area contributed by atoms with Crippen molar-refractivity contribution in [2.45, 2.75) is 51.4 Å². The van der Waals surface area contributed by atoms with Crippen LogP contribution in [0, 0.1) is 11.3 Å². The fourth-order valence-corrected chi connectivity index (χ4v) is 2.93. The van der Waals surface area contributed by atoms with Gasteiger partial charge in [-0.3, -0.25) is 0 Å². The van der Waals surface area contributed by atoms with Gasteiger partial charge in [-0.1, -0.05) is 32.6 Å². The Balaban J connectivity index is 3.45. The van der Waals surface area contributed by atoms with Gasteiger partial charge in [0.1, 0.15) is 0 Å². The minimum atomic E-state index is -1.41. The van der Waals surface area contributed by atoms with E-state index in [2.05, 4.69) is 13.0 Å². The predicted molar refractivity (Wildman–Crippen MR) is 98.8 cm³/mol. The molecular formula is C20H29NO5. The minimum absolute atomic E-state index is 0.210. The Morgan fingerprint density at radius 1 is 1.04 bits per heavy atom. The number of ether oxygens (including phenoxy) is 4. The molecule has 26 heavy (non-hydrogen) atoms. The first-order valence-electron chi connectivity index (χ1n) is 8.93. The molecule has 0 aliphatic heterocycles. The molecule has 0 amide bonds. The number of esters is 1. The van der Waals surface area contributed by atoms with Crippen molar-refractivity contribution in [1.29, 1.82) is 5.26 Å². The van der Waals surface area contributed by atoms with Gasteiger partial charge in [0.05, 0.1) is 34.0 Å². The van der Waals surface area contributed by atoms with Gasteiger partial charge in [0.15, 0.2) is 16.9 Å². The summed E-state index contributed by atoms with van der Waals surface area (Å²) in [5.74, 6) is 0.673. The van der Waals surface area contributed by atoms with Gasteiger partial charge in [0.2, 0.25) is 5.75 Å². The lowest BCUT2D eigenvalue weighted by Gasteiger charge is -2.26. The Labute approximate surface area is 156 Å². The van der Waals surface area contributed by atoms with Crippen LogP contribution in [0.15, 0.2) is 12.1 Å². The number of nitriles is 1. The summed E-state index contributed by atoms with van der Waals surface area (Å²) in [5, 5.41) is 9.97. The molecule has 144 valence electrons. The maximum absolute atomic E-state index is 12.8. The quantitative estimate of drug-likeness (QED) is 0.437. The second-order valence-electron chi connectivity index (χ2n) is 5.96. The normalized spacial score (nSPS) is 12.6. The fourth-order valence-electron chi connectivity index (χ4n) is 2.93. The first kappa shape index (κ1) is 21.6. The molecule has 6 nitrogen and oxygen atoms in total. The lowest BCUT2D eigenvalue weighted by molar-refractivity contribution is -0.148. The summed E-state index contributed by atoms with van der Waals surface area (Å²) in [4.78, 5) is 12.8. The highest BCUT2D eigenvalue weighted by atomic mass is 16.5. The summed E-state index contributed by atoms with van der Waals surface area (Å²) in [6.07, 6.45) is 4.20. The maximum atomic E-state index is 12.8.